The molecule has 0 saturated heterocycles. The molecule has 3 aliphatic rings. The third kappa shape index (κ3) is 1.69. The van der Waals surface area contributed by atoms with Gasteiger partial charge in [0.05, 0.1) is 12.5 Å². The van der Waals surface area contributed by atoms with E-state index in [1.807, 2.05) is 6.26 Å². The van der Waals surface area contributed by atoms with Crippen LogP contribution in [0.15, 0.2) is 16.9 Å². The Morgan fingerprint density at radius 2 is 1.76 bits per heavy atom. The van der Waals surface area contributed by atoms with Gasteiger partial charge in [0.1, 0.15) is 0 Å². The van der Waals surface area contributed by atoms with Crippen molar-refractivity contribution in [2.45, 2.75) is 78.1 Å². The predicted octanol–water partition coefficient (Wildman–Crippen LogP) is 5.73. The zero-order chi connectivity index (χ0) is 14.9. The van der Waals surface area contributed by atoms with Crippen molar-refractivity contribution in [2.75, 3.05) is 0 Å². The van der Waals surface area contributed by atoms with Crippen molar-refractivity contribution in [3.05, 3.63) is 23.7 Å². The van der Waals surface area contributed by atoms with Crippen LogP contribution in [0.2, 0.25) is 0 Å². The lowest BCUT2D eigenvalue weighted by Crippen LogP contribution is -2.57. The summed E-state index contributed by atoms with van der Waals surface area (Å²) in [5.74, 6) is 1.75. The Kier molecular flexibility index (Phi) is 2.77. The van der Waals surface area contributed by atoms with Crippen molar-refractivity contribution in [1.29, 1.82) is 0 Å². The Morgan fingerprint density at radius 1 is 0.952 bits per heavy atom. The van der Waals surface area contributed by atoms with E-state index in [-0.39, 0.29) is 0 Å². The Bertz CT molecular complexity index is 554. The smallest absolute Gasteiger partial charge is 0.0943 e. The number of furan rings is 1. The Balaban J connectivity index is 1.80. The molecule has 4 rings (SSSR count). The molecule has 0 spiro atoms. The van der Waals surface area contributed by atoms with Crippen LogP contribution in [0.25, 0.3) is 0 Å². The van der Waals surface area contributed by atoms with E-state index in [0.717, 1.165) is 11.8 Å². The second-order valence-corrected chi connectivity index (χ2v) is 9.26. The van der Waals surface area contributed by atoms with E-state index in [0.29, 0.717) is 16.2 Å². The highest BCUT2D eigenvalue weighted by molar-refractivity contribution is 5.36. The Labute approximate surface area is 129 Å². The van der Waals surface area contributed by atoms with E-state index in [1.54, 1.807) is 5.56 Å². The lowest BCUT2D eigenvalue weighted by atomic mass is 9.41. The van der Waals surface area contributed by atoms with Crippen LogP contribution in [0.5, 0.6) is 0 Å². The van der Waals surface area contributed by atoms with E-state index in [2.05, 4.69) is 34.0 Å². The van der Waals surface area contributed by atoms with Crippen LogP contribution in [-0.4, -0.2) is 0 Å². The molecule has 2 fully saturated rings. The van der Waals surface area contributed by atoms with Gasteiger partial charge in [-0.05, 0) is 77.7 Å². The Morgan fingerprint density at radius 3 is 2.57 bits per heavy atom. The van der Waals surface area contributed by atoms with Crippen molar-refractivity contribution >= 4 is 0 Å². The topological polar surface area (TPSA) is 13.1 Å². The molecule has 1 heteroatoms. The Hall–Kier alpha value is -0.720. The number of rotatable bonds is 0. The molecular weight excluding hydrogens is 256 g/mol. The maximum atomic E-state index is 5.59. The molecule has 1 aromatic rings. The maximum absolute atomic E-state index is 5.59. The van der Waals surface area contributed by atoms with Crippen LogP contribution in [0.1, 0.15) is 77.3 Å². The summed E-state index contributed by atoms with van der Waals surface area (Å²) in [5, 5.41) is 0. The van der Waals surface area contributed by atoms with Crippen molar-refractivity contribution in [1.82, 2.24) is 0 Å². The van der Waals surface area contributed by atoms with Gasteiger partial charge in [0.25, 0.3) is 0 Å². The van der Waals surface area contributed by atoms with Crippen LogP contribution in [-0.2, 0) is 11.8 Å². The molecule has 0 radical (unpaired) electrons. The van der Waals surface area contributed by atoms with Gasteiger partial charge in [-0.3, -0.25) is 0 Å². The molecule has 116 valence electrons. The molecule has 3 aliphatic carbocycles. The molecule has 0 aromatic carbocycles. The standard InChI is InChI=1S/C20H30O/c1-18(2)9-5-10-20(4)16(18)8-11-19(3)15-13-21-12-14(15)6-7-17(19)20/h12-13,16-17H,5-11H2,1-4H3/t16-,17-,19+,20+/m1/s1. The zero-order valence-corrected chi connectivity index (χ0v) is 14.2. The molecule has 0 unspecified atom stereocenters. The van der Waals surface area contributed by atoms with Crippen LogP contribution in [0.4, 0.5) is 0 Å². The van der Waals surface area contributed by atoms with Gasteiger partial charge >= 0.3 is 0 Å². The number of hydrogen-bond donors (Lipinski definition) is 0. The summed E-state index contributed by atoms with van der Waals surface area (Å²) in [4.78, 5) is 0. The fourth-order valence-electron chi connectivity index (χ4n) is 6.94. The van der Waals surface area contributed by atoms with Gasteiger partial charge in [-0.1, -0.05) is 34.1 Å². The van der Waals surface area contributed by atoms with Crippen LogP contribution in [0.3, 0.4) is 0 Å². The summed E-state index contributed by atoms with van der Waals surface area (Å²) >= 11 is 0. The molecule has 0 bridgehead atoms. The van der Waals surface area contributed by atoms with Gasteiger partial charge in [0.15, 0.2) is 0 Å². The molecule has 1 heterocycles. The first kappa shape index (κ1) is 13.9. The summed E-state index contributed by atoms with van der Waals surface area (Å²) in [6.07, 6.45) is 13.7. The largest absolute Gasteiger partial charge is 0.472 e. The zero-order valence-electron chi connectivity index (χ0n) is 14.2. The van der Waals surface area contributed by atoms with Crippen LogP contribution < -0.4 is 0 Å². The van der Waals surface area contributed by atoms with Gasteiger partial charge in [-0.2, -0.15) is 0 Å². The second-order valence-electron chi connectivity index (χ2n) is 9.26. The summed E-state index contributed by atoms with van der Waals surface area (Å²) < 4.78 is 5.59. The van der Waals surface area contributed by atoms with E-state index >= 15 is 0 Å². The molecule has 1 nitrogen and oxygen atoms in total. The highest BCUT2D eigenvalue weighted by Gasteiger charge is 2.59. The van der Waals surface area contributed by atoms with E-state index in [9.17, 15) is 0 Å². The van der Waals surface area contributed by atoms with E-state index in [1.165, 1.54) is 50.5 Å². The third-order valence-corrected chi connectivity index (χ3v) is 7.85. The van der Waals surface area contributed by atoms with Crippen LogP contribution in [0, 0.1) is 22.7 Å². The number of fused-ring (bicyclic) bond motifs is 5. The summed E-state index contributed by atoms with van der Waals surface area (Å²) in [7, 11) is 0. The monoisotopic (exact) mass is 286 g/mol. The lowest BCUT2D eigenvalue weighted by molar-refractivity contribution is -0.110. The molecule has 0 N–H and O–H groups in total. The average Bonchev–Trinajstić information content (AvgIpc) is 2.86. The molecule has 0 amide bonds. The lowest BCUT2D eigenvalue weighted by Gasteiger charge is -2.63. The van der Waals surface area contributed by atoms with Gasteiger partial charge in [0.2, 0.25) is 0 Å². The molecule has 21 heavy (non-hydrogen) atoms. The van der Waals surface area contributed by atoms with Gasteiger partial charge < -0.3 is 4.42 Å². The molecule has 4 atom stereocenters. The fourth-order valence-corrected chi connectivity index (χ4v) is 6.94. The molecular formula is C20H30O. The van der Waals surface area contributed by atoms with Gasteiger partial charge in [-0.15, -0.1) is 0 Å². The minimum Gasteiger partial charge on any atom is -0.472 e. The highest BCUT2D eigenvalue weighted by atomic mass is 16.3. The average molecular weight is 286 g/mol. The van der Waals surface area contributed by atoms with E-state index in [4.69, 9.17) is 4.42 Å². The fraction of sp³-hybridized carbons (Fsp3) is 0.800. The van der Waals surface area contributed by atoms with Gasteiger partial charge in [0, 0.05) is 0 Å². The summed E-state index contributed by atoms with van der Waals surface area (Å²) in [5.41, 5.74) is 4.46. The first-order valence-electron chi connectivity index (χ1n) is 8.93. The highest BCUT2D eigenvalue weighted by Crippen LogP contribution is 2.66. The van der Waals surface area contributed by atoms with Crippen molar-refractivity contribution in [3.8, 4) is 0 Å². The quantitative estimate of drug-likeness (QED) is 0.594. The maximum Gasteiger partial charge on any atom is 0.0943 e. The van der Waals surface area contributed by atoms with Gasteiger partial charge in [-0.25, -0.2) is 0 Å². The SMILES string of the molecule is CC1(C)CCC[C@@]2(C)[C@@H]1CC[C@@]1(C)c3cocc3CC[C@@H]21. The second kappa shape index (κ2) is 4.18. The summed E-state index contributed by atoms with van der Waals surface area (Å²) in [6.45, 7) is 10.2. The molecule has 2 saturated carbocycles. The molecule has 1 aromatic heterocycles. The van der Waals surface area contributed by atoms with Crippen molar-refractivity contribution in [2.24, 2.45) is 22.7 Å². The first-order chi connectivity index (χ1) is 9.88. The minimum atomic E-state index is 0.360. The number of aryl methyl sites for hydroxylation is 1. The predicted molar refractivity (Wildman–Crippen MR) is 86.3 cm³/mol. The molecule has 0 aliphatic heterocycles. The van der Waals surface area contributed by atoms with Crippen molar-refractivity contribution < 1.29 is 4.42 Å². The number of hydrogen-bond acceptors (Lipinski definition) is 1. The van der Waals surface area contributed by atoms with Crippen LogP contribution >= 0.6 is 0 Å². The summed E-state index contributed by atoms with van der Waals surface area (Å²) in [6, 6.07) is 0. The van der Waals surface area contributed by atoms with Crippen molar-refractivity contribution in [3.63, 3.8) is 0 Å². The minimum absolute atomic E-state index is 0.360. The normalized spacial score (nSPS) is 44.6. The first-order valence-corrected chi connectivity index (χ1v) is 8.93. The third-order valence-electron chi connectivity index (χ3n) is 7.85. The van der Waals surface area contributed by atoms with E-state index < -0.39 is 0 Å².